The fourth-order valence-corrected chi connectivity index (χ4v) is 2.91. The number of carbonyl (C=O) groups is 1. The van der Waals surface area contributed by atoms with E-state index in [2.05, 4.69) is 38.2 Å². The van der Waals surface area contributed by atoms with Gasteiger partial charge in [-0.2, -0.15) is 0 Å². The van der Waals surface area contributed by atoms with Gasteiger partial charge in [0, 0.05) is 13.1 Å². The van der Waals surface area contributed by atoms with Crippen LogP contribution in [0.25, 0.3) is 0 Å². The summed E-state index contributed by atoms with van der Waals surface area (Å²) in [6.07, 6.45) is 3.25. The summed E-state index contributed by atoms with van der Waals surface area (Å²) < 4.78 is 0. The first-order valence-corrected chi connectivity index (χ1v) is 7.66. The highest BCUT2D eigenvalue weighted by Gasteiger charge is 2.36. The highest BCUT2D eigenvalue weighted by molar-refractivity contribution is 5.86. The number of amides is 1. The van der Waals surface area contributed by atoms with Crippen LogP contribution in [0.2, 0.25) is 0 Å². The Labute approximate surface area is 122 Å². The van der Waals surface area contributed by atoms with Gasteiger partial charge in [-0.05, 0) is 57.7 Å². The van der Waals surface area contributed by atoms with Gasteiger partial charge in [-0.25, -0.2) is 0 Å². The van der Waals surface area contributed by atoms with Crippen LogP contribution in [0.3, 0.4) is 0 Å². The molecule has 20 heavy (non-hydrogen) atoms. The first kappa shape index (κ1) is 15.0. The molecule has 1 amide bonds. The number of hydrogen-bond acceptors (Lipinski definition) is 2. The molecule has 1 atom stereocenters. The Hall–Kier alpha value is -1.35. The molecule has 1 aromatic carbocycles. The van der Waals surface area contributed by atoms with Gasteiger partial charge >= 0.3 is 0 Å². The van der Waals surface area contributed by atoms with Gasteiger partial charge in [-0.15, -0.1) is 0 Å². The summed E-state index contributed by atoms with van der Waals surface area (Å²) in [5.74, 6) is 0.239. The molecule has 110 valence electrons. The summed E-state index contributed by atoms with van der Waals surface area (Å²) in [7, 11) is 0. The number of benzene rings is 1. The van der Waals surface area contributed by atoms with Gasteiger partial charge in [0.25, 0.3) is 0 Å². The molecule has 1 saturated heterocycles. The molecule has 2 rings (SSSR count). The SMILES string of the molecule is CCN(Cc1ccccc1C)C(=O)C1(C)CCCCN1. The maximum absolute atomic E-state index is 12.8. The number of rotatable bonds is 4. The van der Waals surface area contributed by atoms with Crippen LogP contribution >= 0.6 is 0 Å². The molecule has 1 unspecified atom stereocenters. The van der Waals surface area contributed by atoms with Crippen LogP contribution in [-0.2, 0) is 11.3 Å². The number of aryl methyl sites for hydroxylation is 1. The van der Waals surface area contributed by atoms with Gasteiger partial charge < -0.3 is 10.2 Å². The maximum Gasteiger partial charge on any atom is 0.242 e. The Balaban J connectivity index is 2.11. The molecule has 0 aliphatic carbocycles. The predicted molar refractivity (Wildman–Crippen MR) is 82.5 cm³/mol. The maximum atomic E-state index is 12.8. The molecule has 1 aliphatic heterocycles. The Morgan fingerprint density at radius 1 is 1.35 bits per heavy atom. The van der Waals surface area contributed by atoms with E-state index in [1.165, 1.54) is 17.5 Å². The molecule has 1 fully saturated rings. The van der Waals surface area contributed by atoms with E-state index in [1.807, 2.05) is 17.0 Å². The largest absolute Gasteiger partial charge is 0.337 e. The van der Waals surface area contributed by atoms with E-state index < -0.39 is 0 Å². The Bertz CT molecular complexity index is 464. The molecule has 1 heterocycles. The summed E-state index contributed by atoms with van der Waals surface area (Å²) in [4.78, 5) is 14.8. The molecule has 0 saturated carbocycles. The second kappa shape index (κ2) is 6.40. The Morgan fingerprint density at radius 2 is 2.10 bits per heavy atom. The summed E-state index contributed by atoms with van der Waals surface area (Å²) in [6.45, 7) is 8.62. The van der Waals surface area contributed by atoms with Gasteiger partial charge in [0.1, 0.15) is 0 Å². The summed E-state index contributed by atoms with van der Waals surface area (Å²) in [6, 6.07) is 8.30. The van der Waals surface area contributed by atoms with Crippen molar-refractivity contribution in [3.05, 3.63) is 35.4 Å². The van der Waals surface area contributed by atoms with Crippen LogP contribution in [0.1, 0.15) is 44.2 Å². The predicted octanol–water partition coefficient (Wildman–Crippen LogP) is 2.88. The topological polar surface area (TPSA) is 32.3 Å². The molecule has 0 radical (unpaired) electrons. The molecule has 0 spiro atoms. The fraction of sp³-hybridized carbons (Fsp3) is 0.588. The number of carbonyl (C=O) groups excluding carboxylic acids is 1. The molecule has 1 aromatic rings. The van der Waals surface area contributed by atoms with E-state index in [1.54, 1.807) is 0 Å². The number of nitrogens with one attached hydrogen (secondary N) is 1. The minimum absolute atomic E-state index is 0.239. The fourth-order valence-electron chi connectivity index (χ4n) is 2.91. The first-order valence-electron chi connectivity index (χ1n) is 7.66. The molecule has 1 aliphatic rings. The third-order valence-corrected chi connectivity index (χ3v) is 4.38. The van der Waals surface area contributed by atoms with Crippen LogP contribution in [-0.4, -0.2) is 29.4 Å². The lowest BCUT2D eigenvalue weighted by atomic mass is 9.89. The van der Waals surface area contributed by atoms with E-state index in [9.17, 15) is 4.79 Å². The Kier molecular flexibility index (Phi) is 4.81. The second-order valence-electron chi connectivity index (χ2n) is 5.96. The first-order chi connectivity index (χ1) is 9.57. The minimum Gasteiger partial charge on any atom is -0.337 e. The van der Waals surface area contributed by atoms with E-state index in [4.69, 9.17) is 0 Å². The van der Waals surface area contributed by atoms with Crippen molar-refractivity contribution in [2.75, 3.05) is 13.1 Å². The second-order valence-corrected chi connectivity index (χ2v) is 5.96. The quantitative estimate of drug-likeness (QED) is 0.915. The van der Waals surface area contributed by atoms with Crippen LogP contribution in [0.5, 0.6) is 0 Å². The number of nitrogens with zero attached hydrogens (tertiary/aromatic N) is 1. The van der Waals surface area contributed by atoms with Crippen LogP contribution in [0, 0.1) is 6.92 Å². The Morgan fingerprint density at radius 3 is 2.70 bits per heavy atom. The lowest BCUT2D eigenvalue weighted by Crippen LogP contribution is -2.57. The average Bonchev–Trinajstić information content (AvgIpc) is 2.46. The van der Waals surface area contributed by atoms with Crippen LogP contribution < -0.4 is 5.32 Å². The van der Waals surface area contributed by atoms with Gasteiger partial charge in [0.05, 0.1) is 5.54 Å². The number of likely N-dealkylation sites (N-methyl/N-ethyl adjacent to an activating group) is 1. The highest BCUT2D eigenvalue weighted by atomic mass is 16.2. The van der Waals surface area contributed by atoms with Crippen molar-refractivity contribution in [3.8, 4) is 0 Å². The molecule has 3 nitrogen and oxygen atoms in total. The lowest BCUT2D eigenvalue weighted by molar-refractivity contribution is -0.139. The van der Waals surface area contributed by atoms with Crippen molar-refractivity contribution in [1.29, 1.82) is 0 Å². The van der Waals surface area contributed by atoms with Crippen LogP contribution in [0.15, 0.2) is 24.3 Å². The third kappa shape index (κ3) is 3.21. The van der Waals surface area contributed by atoms with E-state index in [0.717, 1.165) is 25.9 Å². The molecular formula is C17H26N2O. The standard InChI is InChI=1S/C17H26N2O/c1-4-19(13-15-10-6-5-9-14(15)2)16(20)17(3)11-7-8-12-18-17/h5-6,9-10,18H,4,7-8,11-13H2,1-3H3. The minimum atomic E-state index is -0.378. The van der Waals surface area contributed by atoms with Crippen molar-refractivity contribution in [2.24, 2.45) is 0 Å². The van der Waals surface area contributed by atoms with Crippen molar-refractivity contribution in [2.45, 2.75) is 52.1 Å². The zero-order chi connectivity index (χ0) is 14.6. The smallest absolute Gasteiger partial charge is 0.242 e. The summed E-state index contributed by atoms with van der Waals surface area (Å²) in [5.41, 5.74) is 2.11. The van der Waals surface area contributed by atoms with Gasteiger partial charge in [0.2, 0.25) is 5.91 Å². The van der Waals surface area contributed by atoms with Crippen LogP contribution in [0.4, 0.5) is 0 Å². The van der Waals surface area contributed by atoms with Crippen molar-refractivity contribution >= 4 is 5.91 Å². The molecule has 0 aromatic heterocycles. The van der Waals surface area contributed by atoms with E-state index in [-0.39, 0.29) is 11.4 Å². The van der Waals surface area contributed by atoms with Crippen molar-refractivity contribution in [3.63, 3.8) is 0 Å². The van der Waals surface area contributed by atoms with Gasteiger partial charge in [-0.1, -0.05) is 24.3 Å². The third-order valence-electron chi connectivity index (χ3n) is 4.38. The number of hydrogen-bond donors (Lipinski definition) is 1. The molecule has 1 N–H and O–H groups in total. The number of piperidine rings is 1. The van der Waals surface area contributed by atoms with Gasteiger partial charge in [-0.3, -0.25) is 4.79 Å². The zero-order valence-electron chi connectivity index (χ0n) is 12.9. The van der Waals surface area contributed by atoms with Crippen molar-refractivity contribution < 1.29 is 4.79 Å². The monoisotopic (exact) mass is 274 g/mol. The van der Waals surface area contributed by atoms with Crippen molar-refractivity contribution in [1.82, 2.24) is 10.2 Å². The van der Waals surface area contributed by atoms with E-state index in [0.29, 0.717) is 6.54 Å². The van der Waals surface area contributed by atoms with Gasteiger partial charge in [0.15, 0.2) is 0 Å². The normalized spacial score (nSPS) is 22.6. The average molecular weight is 274 g/mol. The summed E-state index contributed by atoms with van der Waals surface area (Å²) in [5, 5.41) is 3.42. The molecular weight excluding hydrogens is 248 g/mol. The molecule has 3 heteroatoms. The zero-order valence-corrected chi connectivity index (χ0v) is 12.9. The molecule has 0 bridgehead atoms. The van der Waals surface area contributed by atoms with E-state index >= 15 is 0 Å². The highest BCUT2D eigenvalue weighted by Crippen LogP contribution is 2.22. The summed E-state index contributed by atoms with van der Waals surface area (Å²) >= 11 is 0. The lowest BCUT2D eigenvalue weighted by Gasteiger charge is -2.38.